The van der Waals surface area contributed by atoms with Crippen LogP contribution in [0.4, 0.5) is 0 Å². The molecule has 1 rings (SSSR count). The van der Waals surface area contributed by atoms with Crippen LogP contribution in [0.15, 0.2) is 30.3 Å². The van der Waals surface area contributed by atoms with Crippen molar-refractivity contribution < 1.29 is 14.3 Å². The van der Waals surface area contributed by atoms with Crippen LogP contribution in [0.3, 0.4) is 0 Å². The predicted molar refractivity (Wildman–Crippen MR) is 82.3 cm³/mol. The second kappa shape index (κ2) is 9.37. The number of esters is 1. The number of benzene rings is 1. The van der Waals surface area contributed by atoms with E-state index in [0.29, 0.717) is 18.7 Å². The minimum Gasteiger partial charge on any atom is -0.467 e. The van der Waals surface area contributed by atoms with E-state index in [2.05, 4.69) is 10.6 Å². The number of nitrogens with one attached hydrogen (secondary N) is 2. The Kier molecular flexibility index (Phi) is 7.79. The van der Waals surface area contributed by atoms with E-state index in [1.54, 1.807) is 7.05 Å². The van der Waals surface area contributed by atoms with Crippen molar-refractivity contribution in [2.24, 2.45) is 0 Å². The van der Waals surface area contributed by atoms with Crippen LogP contribution in [-0.4, -0.2) is 44.0 Å². The van der Waals surface area contributed by atoms with Crippen LogP contribution in [0.1, 0.15) is 12.0 Å². The van der Waals surface area contributed by atoms with Gasteiger partial charge in [-0.3, -0.25) is 4.79 Å². The molecule has 0 fully saturated rings. The first-order valence-electron chi connectivity index (χ1n) is 6.77. The summed E-state index contributed by atoms with van der Waals surface area (Å²) in [6, 6.07) is 8.33. The van der Waals surface area contributed by atoms with E-state index in [-0.39, 0.29) is 5.91 Å². The molecule has 0 aliphatic carbocycles. The highest BCUT2D eigenvalue weighted by molar-refractivity contribution is 6.18. The van der Waals surface area contributed by atoms with Crippen molar-refractivity contribution in [2.75, 3.05) is 20.0 Å². The molecule has 0 heterocycles. The van der Waals surface area contributed by atoms with Gasteiger partial charge in [0.1, 0.15) is 6.04 Å². The number of ether oxygens (including phenoxy) is 1. The van der Waals surface area contributed by atoms with E-state index in [1.165, 1.54) is 7.11 Å². The summed E-state index contributed by atoms with van der Waals surface area (Å²) in [5.74, 6) is -0.363. The summed E-state index contributed by atoms with van der Waals surface area (Å²) in [7, 11) is 2.99. The minimum absolute atomic E-state index is 0.260. The molecule has 0 saturated carbocycles. The van der Waals surface area contributed by atoms with Gasteiger partial charge in [-0.15, -0.1) is 11.6 Å². The Bertz CT molecular complexity index is 453. The predicted octanol–water partition coefficient (Wildman–Crippen LogP) is 1.10. The number of hydrogen-bond acceptors (Lipinski definition) is 4. The van der Waals surface area contributed by atoms with Gasteiger partial charge in [-0.25, -0.2) is 4.79 Å². The molecule has 5 nitrogen and oxygen atoms in total. The monoisotopic (exact) mass is 312 g/mol. The zero-order valence-corrected chi connectivity index (χ0v) is 13.0. The lowest BCUT2D eigenvalue weighted by Gasteiger charge is -2.20. The van der Waals surface area contributed by atoms with Crippen molar-refractivity contribution in [3.8, 4) is 0 Å². The average Bonchev–Trinajstić information content (AvgIpc) is 2.52. The van der Waals surface area contributed by atoms with Gasteiger partial charge in [0, 0.05) is 12.3 Å². The third-order valence-corrected chi connectivity index (χ3v) is 3.37. The fourth-order valence-corrected chi connectivity index (χ4v) is 2.19. The Morgan fingerprint density at radius 1 is 1.24 bits per heavy atom. The Morgan fingerprint density at radius 2 is 1.90 bits per heavy atom. The van der Waals surface area contributed by atoms with Gasteiger partial charge in [-0.1, -0.05) is 30.3 Å². The average molecular weight is 313 g/mol. The zero-order valence-electron chi connectivity index (χ0n) is 12.3. The Labute approximate surface area is 130 Å². The molecule has 0 saturated heterocycles. The molecule has 0 aliphatic heterocycles. The lowest BCUT2D eigenvalue weighted by molar-refractivity contribution is -0.145. The standard InChI is InChI=1S/C15H21ClN2O3/c1-17-12(8-9-16)14(19)18-13(15(20)21-2)10-11-6-4-3-5-7-11/h3-7,12-13,17H,8-10H2,1-2H3,(H,18,19)/t12-,13-/m0/s1. The summed E-state index contributed by atoms with van der Waals surface area (Å²) < 4.78 is 4.76. The Balaban J connectivity index is 2.74. The summed E-state index contributed by atoms with van der Waals surface area (Å²) in [6.45, 7) is 0. The lowest BCUT2D eigenvalue weighted by atomic mass is 10.1. The van der Waals surface area contributed by atoms with E-state index in [1.807, 2.05) is 30.3 Å². The molecular weight excluding hydrogens is 292 g/mol. The van der Waals surface area contributed by atoms with Gasteiger partial charge in [0.25, 0.3) is 0 Å². The molecule has 2 atom stereocenters. The van der Waals surface area contributed by atoms with Gasteiger partial charge in [0.05, 0.1) is 13.2 Å². The van der Waals surface area contributed by atoms with Crippen LogP contribution in [0, 0.1) is 0 Å². The Morgan fingerprint density at radius 3 is 2.43 bits per heavy atom. The fraction of sp³-hybridized carbons (Fsp3) is 0.467. The van der Waals surface area contributed by atoms with Gasteiger partial charge in [0.2, 0.25) is 5.91 Å². The molecule has 0 radical (unpaired) electrons. The molecule has 0 unspecified atom stereocenters. The molecule has 1 aromatic carbocycles. The van der Waals surface area contributed by atoms with Crippen molar-refractivity contribution in [1.82, 2.24) is 10.6 Å². The summed E-state index contributed by atoms with van der Waals surface area (Å²) >= 11 is 5.66. The van der Waals surface area contributed by atoms with Crippen LogP contribution >= 0.6 is 11.6 Å². The topological polar surface area (TPSA) is 67.4 Å². The van der Waals surface area contributed by atoms with Gasteiger partial charge >= 0.3 is 5.97 Å². The molecule has 116 valence electrons. The summed E-state index contributed by atoms with van der Waals surface area (Å²) in [6.07, 6.45) is 0.875. The van der Waals surface area contributed by atoms with E-state index in [0.717, 1.165) is 5.56 Å². The number of carbonyl (C=O) groups excluding carboxylic acids is 2. The number of likely N-dealkylation sites (N-methyl/N-ethyl adjacent to an activating group) is 1. The Hall–Kier alpha value is -1.59. The molecule has 6 heteroatoms. The van der Waals surface area contributed by atoms with Crippen molar-refractivity contribution in [2.45, 2.75) is 24.9 Å². The van der Waals surface area contributed by atoms with Gasteiger partial charge in [-0.2, -0.15) is 0 Å². The maximum Gasteiger partial charge on any atom is 0.328 e. The number of amides is 1. The minimum atomic E-state index is -0.712. The van der Waals surface area contributed by atoms with Crippen molar-refractivity contribution in [1.29, 1.82) is 0 Å². The van der Waals surface area contributed by atoms with Gasteiger partial charge in [-0.05, 0) is 19.0 Å². The van der Waals surface area contributed by atoms with E-state index >= 15 is 0 Å². The quantitative estimate of drug-likeness (QED) is 0.557. The normalized spacial score (nSPS) is 13.3. The first kappa shape index (κ1) is 17.5. The zero-order chi connectivity index (χ0) is 15.7. The molecule has 2 N–H and O–H groups in total. The molecule has 0 aliphatic rings. The van der Waals surface area contributed by atoms with Crippen LogP contribution in [-0.2, 0) is 20.7 Å². The fourth-order valence-electron chi connectivity index (χ4n) is 1.97. The molecule has 1 aromatic rings. The number of alkyl halides is 1. The van der Waals surface area contributed by atoms with Crippen LogP contribution in [0.25, 0.3) is 0 Å². The second-order valence-electron chi connectivity index (χ2n) is 4.59. The summed E-state index contributed by atoms with van der Waals surface area (Å²) in [5, 5.41) is 5.60. The molecular formula is C15H21ClN2O3. The van der Waals surface area contributed by atoms with Gasteiger partial charge < -0.3 is 15.4 Å². The second-order valence-corrected chi connectivity index (χ2v) is 4.97. The molecule has 0 aromatic heterocycles. The molecule has 0 bridgehead atoms. The van der Waals surface area contributed by atoms with E-state index in [4.69, 9.17) is 16.3 Å². The molecule has 0 spiro atoms. The first-order chi connectivity index (χ1) is 10.1. The van der Waals surface area contributed by atoms with Crippen LogP contribution in [0.5, 0.6) is 0 Å². The first-order valence-corrected chi connectivity index (χ1v) is 7.31. The van der Waals surface area contributed by atoms with Crippen molar-refractivity contribution >= 4 is 23.5 Å². The largest absolute Gasteiger partial charge is 0.467 e. The SMILES string of the molecule is CN[C@@H](CCCl)C(=O)N[C@@H](Cc1ccccc1)C(=O)OC. The van der Waals surface area contributed by atoms with Crippen molar-refractivity contribution in [3.63, 3.8) is 0 Å². The lowest BCUT2D eigenvalue weighted by Crippen LogP contribution is -2.50. The number of methoxy groups -OCH3 is 1. The molecule has 1 amide bonds. The van der Waals surface area contributed by atoms with Crippen LogP contribution < -0.4 is 10.6 Å². The highest BCUT2D eigenvalue weighted by Gasteiger charge is 2.25. The number of hydrogen-bond donors (Lipinski definition) is 2. The van der Waals surface area contributed by atoms with Crippen molar-refractivity contribution in [3.05, 3.63) is 35.9 Å². The number of halogens is 1. The van der Waals surface area contributed by atoms with E-state index < -0.39 is 18.1 Å². The third kappa shape index (κ3) is 5.73. The number of carbonyl (C=O) groups is 2. The van der Waals surface area contributed by atoms with Crippen LogP contribution in [0.2, 0.25) is 0 Å². The smallest absolute Gasteiger partial charge is 0.328 e. The van der Waals surface area contributed by atoms with Gasteiger partial charge in [0.15, 0.2) is 0 Å². The number of rotatable bonds is 8. The highest BCUT2D eigenvalue weighted by atomic mass is 35.5. The maximum absolute atomic E-state index is 12.1. The van der Waals surface area contributed by atoms with E-state index in [9.17, 15) is 9.59 Å². The maximum atomic E-state index is 12.1. The molecule has 21 heavy (non-hydrogen) atoms. The summed E-state index contributed by atoms with van der Waals surface area (Å²) in [5.41, 5.74) is 0.951. The third-order valence-electron chi connectivity index (χ3n) is 3.15. The summed E-state index contributed by atoms with van der Waals surface area (Å²) in [4.78, 5) is 24.0. The highest BCUT2D eigenvalue weighted by Crippen LogP contribution is 2.05.